The molecule has 0 radical (unpaired) electrons. The molecule has 14 nitrogen and oxygen atoms in total. The Morgan fingerprint density at radius 2 is 1.62 bits per heavy atom. The van der Waals surface area contributed by atoms with Crippen LogP contribution in [-0.4, -0.2) is 91.7 Å². The predicted octanol–water partition coefficient (Wildman–Crippen LogP) is -1.35. The standard InChI is InChI=1S/C23H30N4O10/c24-14(10-12-3-5-13(28)6-4-12)20(33)25-15(7-8-18(29)30)22(35)27-9-1-2-17(27)21(34)26-16(23(36)37)11-19(31)32/h3-6,14-17,28H,1-2,7-11,24H2,(H,25,33)(H,26,34)(H,29,30)(H,31,32)(H,36,37). The van der Waals surface area contributed by atoms with Gasteiger partial charge in [0.1, 0.15) is 23.9 Å². The summed E-state index contributed by atoms with van der Waals surface area (Å²) in [4.78, 5) is 73.2. The molecular weight excluding hydrogens is 492 g/mol. The maximum absolute atomic E-state index is 13.3. The van der Waals surface area contributed by atoms with Crippen LogP contribution in [0, 0.1) is 0 Å². The molecule has 202 valence electrons. The van der Waals surface area contributed by atoms with Crippen molar-refractivity contribution in [3.05, 3.63) is 29.8 Å². The third-order valence-electron chi connectivity index (χ3n) is 5.82. The summed E-state index contributed by atoms with van der Waals surface area (Å²) in [5, 5.41) is 41.1. The largest absolute Gasteiger partial charge is 0.508 e. The van der Waals surface area contributed by atoms with E-state index >= 15 is 0 Å². The molecule has 14 heteroatoms. The van der Waals surface area contributed by atoms with E-state index in [0.717, 1.165) is 4.90 Å². The molecule has 8 N–H and O–H groups in total. The molecule has 1 aliphatic rings. The number of phenolic OH excluding ortho intramolecular Hbond substituents is 1. The zero-order chi connectivity index (χ0) is 27.7. The Hall–Kier alpha value is -4.20. The molecule has 37 heavy (non-hydrogen) atoms. The monoisotopic (exact) mass is 522 g/mol. The quantitative estimate of drug-likeness (QED) is 0.160. The fourth-order valence-corrected chi connectivity index (χ4v) is 3.93. The highest BCUT2D eigenvalue weighted by atomic mass is 16.4. The highest BCUT2D eigenvalue weighted by Crippen LogP contribution is 2.20. The number of rotatable bonds is 13. The van der Waals surface area contributed by atoms with E-state index in [9.17, 15) is 39.0 Å². The van der Waals surface area contributed by atoms with Crippen LogP contribution in [0.3, 0.4) is 0 Å². The average molecular weight is 523 g/mol. The van der Waals surface area contributed by atoms with E-state index in [1.54, 1.807) is 12.1 Å². The summed E-state index contributed by atoms with van der Waals surface area (Å²) in [7, 11) is 0. The number of carbonyl (C=O) groups excluding carboxylic acids is 3. The highest BCUT2D eigenvalue weighted by molar-refractivity contribution is 5.95. The number of carbonyl (C=O) groups is 6. The van der Waals surface area contributed by atoms with E-state index in [4.69, 9.17) is 15.9 Å². The number of nitrogens with one attached hydrogen (secondary N) is 2. The number of carboxylic acid groups (broad SMARTS) is 3. The van der Waals surface area contributed by atoms with Crippen molar-refractivity contribution in [3.8, 4) is 5.75 Å². The van der Waals surface area contributed by atoms with Crippen molar-refractivity contribution in [1.29, 1.82) is 0 Å². The number of nitrogens with zero attached hydrogens (tertiary/aromatic N) is 1. The van der Waals surface area contributed by atoms with Crippen LogP contribution in [0.15, 0.2) is 24.3 Å². The molecule has 4 atom stereocenters. The second-order valence-electron chi connectivity index (χ2n) is 8.66. The second-order valence-corrected chi connectivity index (χ2v) is 8.66. The molecule has 1 heterocycles. The predicted molar refractivity (Wildman–Crippen MR) is 125 cm³/mol. The Balaban J connectivity index is 2.13. The summed E-state index contributed by atoms with van der Waals surface area (Å²) in [6.45, 7) is 0.0899. The molecule has 0 bridgehead atoms. The van der Waals surface area contributed by atoms with Crippen molar-refractivity contribution in [2.45, 2.75) is 62.7 Å². The van der Waals surface area contributed by atoms with Gasteiger partial charge in [0.2, 0.25) is 17.7 Å². The van der Waals surface area contributed by atoms with Crippen molar-refractivity contribution >= 4 is 35.6 Å². The summed E-state index contributed by atoms with van der Waals surface area (Å²) in [5.74, 6) is -6.52. The van der Waals surface area contributed by atoms with Gasteiger partial charge < -0.3 is 41.7 Å². The van der Waals surface area contributed by atoms with Gasteiger partial charge in [-0.25, -0.2) is 4.79 Å². The molecule has 1 aromatic carbocycles. The van der Waals surface area contributed by atoms with E-state index in [2.05, 4.69) is 10.6 Å². The lowest BCUT2D eigenvalue weighted by molar-refractivity contribution is -0.148. The van der Waals surface area contributed by atoms with Crippen molar-refractivity contribution in [2.24, 2.45) is 5.73 Å². The van der Waals surface area contributed by atoms with Crippen LogP contribution in [0.4, 0.5) is 0 Å². The Bertz CT molecular complexity index is 1030. The third kappa shape index (κ3) is 8.75. The Morgan fingerprint density at radius 3 is 2.19 bits per heavy atom. The van der Waals surface area contributed by atoms with Crippen LogP contribution in [0.25, 0.3) is 0 Å². The van der Waals surface area contributed by atoms with E-state index < -0.39 is 72.6 Å². The topological polar surface area (TPSA) is 237 Å². The van der Waals surface area contributed by atoms with E-state index in [-0.39, 0.29) is 31.6 Å². The van der Waals surface area contributed by atoms with E-state index in [1.807, 2.05) is 0 Å². The molecule has 1 aromatic rings. The second kappa shape index (κ2) is 13.2. The van der Waals surface area contributed by atoms with E-state index in [1.165, 1.54) is 12.1 Å². The van der Waals surface area contributed by atoms with Crippen LogP contribution in [-0.2, 0) is 35.2 Å². The highest BCUT2D eigenvalue weighted by Gasteiger charge is 2.39. The van der Waals surface area contributed by atoms with Crippen LogP contribution in [0.2, 0.25) is 0 Å². The van der Waals surface area contributed by atoms with Gasteiger partial charge in [-0.2, -0.15) is 0 Å². The number of carboxylic acids is 3. The molecule has 3 amide bonds. The molecule has 0 aliphatic carbocycles. The average Bonchev–Trinajstić information content (AvgIpc) is 3.31. The van der Waals surface area contributed by atoms with Crippen molar-refractivity contribution in [2.75, 3.05) is 6.54 Å². The first-order valence-corrected chi connectivity index (χ1v) is 11.5. The van der Waals surface area contributed by atoms with E-state index in [0.29, 0.717) is 12.0 Å². The molecule has 4 unspecified atom stereocenters. The van der Waals surface area contributed by atoms with Crippen LogP contribution in [0.5, 0.6) is 5.75 Å². The normalized spacial score (nSPS) is 17.3. The Kier molecular flexibility index (Phi) is 10.4. The minimum absolute atomic E-state index is 0.0305. The first-order chi connectivity index (χ1) is 17.4. The van der Waals surface area contributed by atoms with Crippen molar-refractivity contribution in [3.63, 3.8) is 0 Å². The zero-order valence-electron chi connectivity index (χ0n) is 19.8. The van der Waals surface area contributed by atoms with Crippen LogP contribution < -0.4 is 16.4 Å². The smallest absolute Gasteiger partial charge is 0.326 e. The summed E-state index contributed by atoms with van der Waals surface area (Å²) in [5.41, 5.74) is 6.60. The summed E-state index contributed by atoms with van der Waals surface area (Å²) in [6.07, 6.45) is -1.00. The Labute approximate surface area is 211 Å². The summed E-state index contributed by atoms with van der Waals surface area (Å²) >= 11 is 0. The van der Waals surface area contributed by atoms with Gasteiger partial charge in [-0.3, -0.25) is 24.0 Å². The van der Waals surface area contributed by atoms with Gasteiger partial charge in [0.05, 0.1) is 12.5 Å². The van der Waals surface area contributed by atoms with Gasteiger partial charge in [0, 0.05) is 13.0 Å². The SMILES string of the molecule is NC(Cc1ccc(O)cc1)C(=O)NC(CCC(=O)O)C(=O)N1CCCC1C(=O)NC(CC(=O)O)C(=O)O. The number of phenols is 1. The van der Waals surface area contributed by atoms with Crippen LogP contribution >= 0.6 is 0 Å². The molecule has 1 aliphatic heterocycles. The lowest BCUT2D eigenvalue weighted by Crippen LogP contribution is -2.57. The summed E-state index contributed by atoms with van der Waals surface area (Å²) in [6, 6.07) is 0.717. The van der Waals surface area contributed by atoms with Gasteiger partial charge >= 0.3 is 17.9 Å². The van der Waals surface area contributed by atoms with Gasteiger partial charge in [-0.1, -0.05) is 12.1 Å². The number of aliphatic carboxylic acids is 3. The van der Waals surface area contributed by atoms with Gasteiger partial charge in [-0.05, 0) is 43.4 Å². The zero-order valence-corrected chi connectivity index (χ0v) is 19.8. The lowest BCUT2D eigenvalue weighted by atomic mass is 10.0. The molecule has 2 rings (SSSR count). The number of aromatic hydroxyl groups is 1. The minimum atomic E-state index is -1.71. The fourth-order valence-electron chi connectivity index (χ4n) is 3.93. The van der Waals surface area contributed by atoms with Crippen molar-refractivity contribution < 1.29 is 49.2 Å². The molecule has 0 spiro atoms. The molecule has 0 saturated carbocycles. The third-order valence-corrected chi connectivity index (χ3v) is 5.82. The van der Waals surface area contributed by atoms with Gasteiger partial charge in [-0.15, -0.1) is 0 Å². The fraction of sp³-hybridized carbons (Fsp3) is 0.478. The summed E-state index contributed by atoms with van der Waals surface area (Å²) < 4.78 is 0. The number of amides is 3. The molecule has 1 saturated heterocycles. The lowest BCUT2D eigenvalue weighted by Gasteiger charge is -2.29. The Morgan fingerprint density at radius 1 is 0.973 bits per heavy atom. The number of likely N-dealkylation sites (tertiary alicyclic amines) is 1. The maximum atomic E-state index is 13.3. The minimum Gasteiger partial charge on any atom is -0.508 e. The molecular formula is C23H30N4O10. The number of hydrogen-bond donors (Lipinski definition) is 7. The first-order valence-electron chi connectivity index (χ1n) is 11.5. The van der Waals surface area contributed by atoms with Gasteiger partial charge in [0.25, 0.3) is 0 Å². The first kappa shape index (κ1) is 29.0. The van der Waals surface area contributed by atoms with Crippen molar-refractivity contribution in [1.82, 2.24) is 15.5 Å². The van der Waals surface area contributed by atoms with Crippen LogP contribution in [0.1, 0.15) is 37.7 Å². The molecule has 0 aromatic heterocycles. The number of hydrogen-bond acceptors (Lipinski definition) is 8. The number of nitrogens with two attached hydrogens (primary N) is 1. The maximum Gasteiger partial charge on any atom is 0.326 e. The van der Waals surface area contributed by atoms with Gasteiger partial charge in [0.15, 0.2) is 0 Å². The number of benzene rings is 1. The molecule has 1 fully saturated rings.